The van der Waals surface area contributed by atoms with Gasteiger partial charge in [0.05, 0.1) is 25.5 Å². The van der Waals surface area contributed by atoms with Crippen LogP contribution in [-0.2, 0) is 11.2 Å². The van der Waals surface area contributed by atoms with Gasteiger partial charge in [-0.3, -0.25) is 4.99 Å². The highest BCUT2D eigenvalue weighted by Crippen LogP contribution is 2.28. The minimum Gasteiger partial charge on any atom is -0.495 e. The second-order valence-electron chi connectivity index (χ2n) is 7.06. The van der Waals surface area contributed by atoms with Gasteiger partial charge in [0.15, 0.2) is 5.96 Å². The zero-order chi connectivity index (χ0) is 21.3. The van der Waals surface area contributed by atoms with E-state index in [1.807, 2.05) is 37.4 Å². The fourth-order valence-corrected chi connectivity index (χ4v) is 3.63. The molecule has 1 aliphatic rings. The lowest BCUT2D eigenvalue weighted by molar-refractivity contribution is 0.0600. The molecular weight excluding hydrogens is 380 g/mol. The Bertz CT molecular complexity index is 859. The molecule has 0 unspecified atom stereocenters. The molecule has 1 saturated heterocycles. The Hall–Kier alpha value is -3.22. The van der Waals surface area contributed by atoms with E-state index in [1.54, 1.807) is 19.2 Å². The van der Waals surface area contributed by atoms with E-state index in [2.05, 4.69) is 26.2 Å². The molecule has 1 heterocycles. The van der Waals surface area contributed by atoms with Gasteiger partial charge in [0.2, 0.25) is 0 Å². The number of ether oxygens (including phenoxy) is 2. The number of anilines is 1. The molecular formula is C23H30N4O3. The van der Waals surface area contributed by atoms with Crippen molar-refractivity contribution in [3.8, 4) is 5.75 Å². The van der Waals surface area contributed by atoms with E-state index in [9.17, 15) is 4.79 Å². The SMILES string of the molecule is CN=C(NCCc1ccc(C(=O)OC)cc1)N1CCN(c2ccccc2OC)CC1. The average molecular weight is 411 g/mol. The van der Waals surface area contributed by atoms with Gasteiger partial charge in [-0.15, -0.1) is 0 Å². The summed E-state index contributed by atoms with van der Waals surface area (Å²) >= 11 is 0. The summed E-state index contributed by atoms with van der Waals surface area (Å²) < 4.78 is 10.2. The molecule has 7 nitrogen and oxygen atoms in total. The minimum absolute atomic E-state index is 0.313. The van der Waals surface area contributed by atoms with Gasteiger partial charge in [0.25, 0.3) is 0 Å². The van der Waals surface area contributed by atoms with Gasteiger partial charge < -0.3 is 24.6 Å². The molecule has 0 amide bonds. The van der Waals surface area contributed by atoms with Gasteiger partial charge in [-0.2, -0.15) is 0 Å². The third-order valence-corrected chi connectivity index (χ3v) is 5.29. The smallest absolute Gasteiger partial charge is 0.337 e. The number of rotatable bonds is 6. The lowest BCUT2D eigenvalue weighted by Crippen LogP contribution is -2.52. The quantitative estimate of drug-likeness (QED) is 0.448. The molecule has 30 heavy (non-hydrogen) atoms. The summed E-state index contributed by atoms with van der Waals surface area (Å²) in [5.41, 5.74) is 2.86. The average Bonchev–Trinajstić information content (AvgIpc) is 2.82. The molecule has 1 fully saturated rings. The van der Waals surface area contributed by atoms with Gasteiger partial charge in [-0.1, -0.05) is 24.3 Å². The number of carbonyl (C=O) groups is 1. The minimum atomic E-state index is -0.313. The number of nitrogens with one attached hydrogen (secondary N) is 1. The van der Waals surface area contributed by atoms with Gasteiger partial charge >= 0.3 is 5.97 Å². The van der Waals surface area contributed by atoms with Crippen LogP contribution >= 0.6 is 0 Å². The van der Waals surface area contributed by atoms with E-state index in [0.717, 1.165) is 62.1 Å². The van der Waals surface area contributed by atoms with Crippen molar-refractivity contribution in [2.75, 3.05) is 58.9 Å². The number of benzene rings is 2. The number of carbonyl (C=O) groups excluding carboxylic acids is 1. The number of para-hydroxylation sites is 2. The normalized spacial score (nSPS) is 14.4. The van der Waals surface area contributed by atoms with Crippen molar-refractivity contribution in [3.05, 3.63) is 59.7 Å². The molecule has 3 rings (SSSR count). The third kappa shape index (κ3) is 5.23. The van der Waals surface area contributed by atoms with Crippen molar-refractivity contribution in [1.29, 1.82) is 0 Å². The summed E-state index contributed by atoms with van der Waals surface area (Å²) in [4.78, 5) is 20.6. The number of guanidine groups is 1. The molecule has 1 N–H and O–H groups in total. The number of nitrogens with zero attached hydrogens (tertiary/aromatic N) is 3. The maximum absolute atomic E-state index is 11.5. The number of piperazine rings is 1. The van der Waals surface area contributed by atoms with Crippen molar-refractivity contribution >= 4 is 17.6 Å². The highest BCUT2D eigenvalue weighted by atomic mass is 16.5. The van der Waals surface area contributed by atoms with Gasteiger partial charge in [0.1, 0.15) is 5.75 Å². The Morgan fingerprint density at radius 2 is 1.73 bits per heavy atom. The zero-order valence-electron chi connectivity index (χ0n) is 17.9. The van der Waals surface area contributed by atoms with Crippen molar-refractivity contribution in [1.82, 2.24) is 10.2 Å². The van der Waals surface area contributed by atoms with Crippen LogP contribution in [0.2, 0.25) is 0 Å². The highest BCUT2D eigenvalue weighted by Gasteiger charge is 2.21. The number of esters is 1. The van der Waals surface area contributed by atoms with E-state index in [0.29, 0.717) is 5.56 Å². The molecule has 2 aromatic rings. The first-order chi connectivity index (χ1) is 14.7. The summed E-state index contributed by atoms with van der Waals surface area (Å²) in [5, 5.41) is 3.45. The van der Waals surface area contributed by atoms with Crippen LogP contribution in [0.25, 0.3) is 0 Å². The van der Waals surface area contributed by atoms with E-state index < -0.39 is 0 Å². The van der Waals surface area contributed by atoms with Crippen molar-refractivity contribution in [3.63, 3.8) is 0 Å². The van der Waals surface area contributed by atoms with Crippen molar-refractivity contribution in [2.45, 2.75) is 6.42 Å². The molecule has 0 aliphatic carbocycles. The van der Waals surface area contributed by atoms with Crippen LogP contribution in [0.1, 0.15) is 15.9 Å². The predicted molar refractivity (Wildman–Crippen MR) is 120 cm³/mol. The number of aliphatic imine (C=N–C) groups is 1. The Labute approximate surface area is 178 Å². The lowest BCUT2D eigenvalue weighted by atomic mass is 10.1. The van der Waals surface area contributed by atoms with Crippen LogP contribution in [0.3, 0.4) is 0 Å². The Morgan fingerprint density at radius 1 is 1.03 bits per heavy atom. The molecule has 0 aromatic heterocycles. The first-order valence-electron chi connectivity index (χ1n) is 10.2. The second-order valence-corrected chi connectivity index (χ2v) is 7.06. The highest BCUT2D eigenvalue weighted by molar-refractivity contribution is 5.89. The van der Waals surface area contributed by atoms with Crippen molar-refractivity contribution < 1.29 is 14.3 Å². The fraction of sp³-hybridized carbons (Fsp3) is 0.391. The lowest BCUT2D eigenvalue weighted by Gasteiger charge is -2.38. The largest absolute Gasteiger partial charge is 0.495 e. The van der Waals surface area contributed by atoms with Crippen molar-refractivity contribution in [2.24, 2.45) is 4.99 Å². The molecule has 0 atom stereocenters. The molecule has 0 saturated carbocycles. The Balaban J connectivity index is 1.48. The number of methoxy groups -OCH3 is 2. The maximum atomic E-state index is 11.5. The van der Waals surface area contributed by atoms with Crippen LogP contribution in [-0.4, -0.2) is 70.8 Å². The van der Waals surface area contributed by atoms with Crippen LogP contribution in [0.4, 0.5) is 5.69 Å². The summed E-state index contributed by atoms with van der Waals surface area (Å²) in [6.45, 7) is 4.39. The standard InChI is InChI=1S/C23H30N4O3/c1-24-23(25-13-12-18-8-10-19(11-9-18)22(28)30-3)27-16-14-26(15-17-27)20-6-4-5-7-21(20)29-2/h4-11H,12-17H2,1-3H3,(H,24,25). The number of hydrogen-bond donors (Lipinski definition) is 1. The van der Waals surface area contributed by atoms with E-state index in [4.69, 9.17) is 9.47 Å². The van der Waals surface area contributed by atoms with Gasteiger partial charge in [-0.25, -0.2) is 4.79 Å². The molecule has 160 valence electrons. The Kier molecular flexibility index (Phi) is 7.54. The van der Waals surface area contributed by atoms with Crippen LogP contribution in [0.15, 0.2) is 53.5 Å². The third-order valence-electron chi connectivity index (χ3n) is 5.29. The summed E-state index contributed by atoms with van der Waals surface area (Å²) in [6.07, 6.45) is 0.849. The Morgan fingerprint density at radius 3 is 2.37 bits per heavy atom. The van der Waals surface area contributed by atoms with Crippen LogP contribution in [0.5, 0.6) is 5.75 Å². The number of hydrogen-bond acceptors (Lipinski definition) is 5. The predicted octanol–water partition coefficient (Wildman–Crippen LogP) is 2.42. The molecule has 2 aromatic carbocycles. The summed E-state index contributed by atoms with van der Waals surface area (Å²) in [6, 6.07) is 15.7. The summed E-state index contributed by atoms with van der Waals surface area (Å²) in [7, 11) is 4.92. The molecule has 0 radical (unpaired) electrons. The van der Waals surface area contributed by atoms with E-state index >= 15 is 0 Å². The second kappa shape index (κ2) is 10.5. The first kappa shape index (κ1) is 21.5. The zero-order valence-corrected chi connectivity index (χ0v) is 17.9. The molecule has 1 aliphatic heterocycles. The monoisotopic (exact) mass is 410 g/mol. The first-order valence-corrected chi connectivity index (χ1v) is 10.2. The molecule has 0 bridgehead atoms. The maximum Gasteiger partial charge on any atom is 0.337 e. The molecule has 0 spiro atoms. The van der Waals surface area contributed by atoms with Gasteiger partial charge in [0, 0.05) is 39.8 Å². The van der Waals surface area contributed by atoms with Gasteiger partial charge in [-0.05, 0) is 36.2 Å². The van der Waals surface area contributed by atoms with E-state index in [-0.39, 0.29) is 5.97 Å². The fourth-order valence-electron chi connectivity index (χ4n) is 3.63. The summed E-state index contributed by atoms with van der Waals surface area (Å²) in [5.74, 6) is 1.51. The van der Waals surface area contributed by atoms with Crippen LogP contribution in [0, 0.1) is 0 Å². The van der Waals surface area contributed by atoms with E-state index in [1.165, 1.54) is 7.11 Å². The van der Waals surface area contributed by atoms with Crippen LogP contribution < -0.4 is 15.0 Å². The topological polar surface area (TPSA) is 66.4 Å². The molecule has 7 heteroatoms.